The fraction of sp³-hybridized carbons (Fsp3) is 0.438. The second-order valence-corrected chi connectivity index (χ2v) is 6.26. The minimum atomic E-state index is -0.348. The van der Waals surface area contributed by atoms with E-state index in [1.54, 1.807) is 11.3 Å². The predicted octanol–water partition coefficient (Wildman–Crippen LogP) is 4.07. The molecule has 0 amide bonds. The van der Waals surface area contributed by atoms with Gasteiger partial charge < -0.3 is 5.73 Å². The summed E-state index contributed by atoms with van der Waals surface area (Å²) in [5, 5.41) is 3.20. The summed E-state index contributed by atoms with van der Waals surface area (Å²) in [6.07, 6.45) is 1.74. The molecule has 0 saturated carbocycles. The lowest BCUT2D eigenvalue weighted by atomic mass is 9.90. The molecule has 102 valence electrons. The van der Waals surface area contributed by atoms with Crippen LogP contribution in [0.15, 0.2) is 35.7 Å². The lowest BCUT2D eigenvalue weighted by Gasteiger charge is -2.26. The Hall–Kier alpha value is -1.19. The van der Waals surface area contributed by atoms with Crippen LogP contribution in [-0.4, -0.2) is 4.98 Å². The number of thiazole rings is 1. The molecule has 2 N–H and O–H groups in total. The van der Waals surface area contributed by atoms with E-state index in [1.807, 2.05) is 6.07 Å². The monoisotopic (exact) mass is 274 g/mol. The summed E-state index contributed by atoms with van der Waals surface area (Å²) in [6.45, 7) is 6.47. The first-order valence-corrected chi connectivity index (χ1v) is 7.72. The number of rotatable bonds is 5. The average molecular weight is 274 g/mol. The van der Waals surface area contributed by atoms with E-state index in [0.717, 1.165) is 23.5 Å². The van der Waals surface area contributed by atoms with Crippen LogP contribution < -0.4 is 5.73 Å². The number of benzene rings is 1. The van der Waals surface area contributed by atoms with Crippen molar-refractivity contribution < 1.29 is 0 Å². The van der Waals surface area contributed by atoms with Crippen molar-refractivity contribution in [3.8, 4) is 0 Å². The van der Waals surface area contributed by atoms with Gasteiger partial charge in [-0.05, 0) is 24.3 Å². The number of aromatic nitrogens is 1. The highest BCUT2D eigenvalue weighted by molar-refractivity contribution is 7.09. The molecule has 0 bridgehead atoms. The van der Waals surface area contributed by atoms with Crippen LogP contribution in [0, 0.1) is 0 Å². The maximum absolute atomic E-state index is 6.61. The van der Waals surface area contributed by atoms with E-state index in [-0.39, 0.29) is 5.54 Å². The summed E-state index contributed by atoms with van der Waals surface area (Å²) in [6, 6.07) is 10.4. The molecule has 1 heterocycles. The zero-order valence-electron chi connectivity index (χ0n) is 11.9. The average Bonchev–Trinajstić information content (AvgIpc) is 2.90. The summed E-state index contributed by atoms with van der Waals surface area (Å²) in [7, 11) is 0. The summed E-state index contributed by atoms with van der Waals surface area (Å²) < 4.78 is 0. The Kier molecular flexibility index (Phi) is 4.38. The normalized spacial score (nSPS) is 14.6. The molecule has 1 aromatic carbocycles. The SMILES string of the molecule is CCC(N)(Cc1ccccc1)c1nc(C(C)C)cs1. The van der Waals surface area contributed by atoms with Crippen LogP contribution in [0.5, 0.6) is 0 Å². The van der Waals surface area contributed by atoms with Crippen molar-refractivity contribution in [2.45, 2.75) is 45.1 Å². The molecular weight excluding hydrogens is 252 g/mol. The van der Waals surface area contributed by atoms with E-state index in [9.17, 15) is 0 Å². The summed E-state index contributed by atoms with van der Waals surface area (Å²) in [5.74, 6) is 0.461. The Bertz CT molecular complexity index is 519. The van der Waals surface area contributed by atoms with Gasteiger partial charge >= 0.3 is 0 Å². The maximum atomic E-state index is 6.61. The van der Waals surface area contributed by atoms with Gasteiger partial charge in [-0.15, -0.1) is 11.3 Å². The van der Waals surface area contributed by atoms with E-state index < -0.39 is 0 Å². The number of hydrogen-bond donors (Lipinski definition) is 1. The van der Waals surface area contributed by atoms with Crippen LogP contribution >= 0.6 is 11.3 Å². The van der Waals surface area contributed by atoms with Crippen molar-refractivity contribution in [2.75, 3.05) is 0 Å². The van der Waals surface area contributed by atoms with E-state index in [2.05, 4.69) is 50.4 Å². The van der Waals surface area contributed by atoms with Crippen molar-refractivity contribution in [3.63, 3.8) is 0 Å². The van der Waals surface area contributed by atoms with Crippen LogP contribution in [-0.2, 0) is 12.0 Å². The molecule has 3 heteroatoms. The minimum absolute atomic E-state index is 0.348. The van der Waals surface area contributed by atoms with E-state index in [4.69, 9.17) is 10.7 Å². The van der Waals surface area contributed by atoms with Crippen molar-refractivity contribution in [1.82, 2.24) is 4.98 Å². The molecule has 0 saturated heterocycles. The molecule has 0 fully saturated rings. The predicted molar refractivity (Wildman–Crippen MR) is 82.5 cm³/mol. The molecule has 0 aliphatic heterocycles. The van der Waals surface area contributed by atoms with Gasteiger partial charge in [-0.2, -0.15) is 0 Å². The smallest absolute Gasteiger partial charge is 0.113 e. The van der Waals surface area contributed by atoms with Crippen molar-refractivity contribution in [2.24, 2.45) is 5.73 Å². The highest BCUT2D eigenvalue weighted by Crippen LogP contribution is 2.30. The molecule has 1 atom stereocenters. The topological polar surface area (TPSA) is 38.9 Å². The molecule has 0 radical (unpaired) electrons. The molecule has 0 aliphatic rings. The van der Waals surface area contributed by atoms with Gasteiger partial charge in [0.05, 0.1) is 11.2 Å². The number of nitrogens with zero attached hydrogens (tertiary/aromatic N) is 1. The van der Waals surface area contributed by atoms with Crippen LogP contribution in [0.2, 0.25) is 0 Å². The van der Waals surface area contributed by atoms with Crippen molar-refractivity contribution in [3.05, 3.63) is 52.0 Å². The Morgan fingerprint density at radius 1 is 1.26 bits per heavy atom. The lowest BCUT2D eigenvalue weighted by molar-refractivity contribution is 0.421. The maximum Gasteiger partial charge on any atom is 0.113 e. The largest absolute Gasteiger partial charge is 0.319 e. The van der Waals surface area contributed by atoms with Gasteiger partial charge in [0.2, 0.25) is 0 Å². The van der Waals surface area contributed by atoms with Crippen LogP contribution in [0.4, 0.5) is 0 Å². The van der Waals surface area contributed by atoms with E-state index in [0.29, 0.717) is 5.92 Å². The van der Waals surface area contributed by atoms with E-state index >= 15 is 0 Å². The second-order valence-electron chi connectivity index (χ2n) is 5.40. The summed E-state index contributed by atoms with van der Waals surface area (Å²) in [5.41, 5.74) is 8.68. The third-order valence-electron chi connectivity index (χ3n) is 3.53. The minimum Gasteiger partial charge on any atom is -0.319 e. The zero-order chi connectivity index (χ0) is 13.9. The standard InChI is InChI=1S/C16H22N2S/c1-4-16(17,10-13-8-6-5-7-9-13)15-18-14(11-19-15)12(2)3/h5-9,11-12H,4,10,17H2,1-3H3. The molecule has 0 spiro atoms. The quantitative estimate of drug-likeness (QED) is 0.892. The van der Waals surface area contributed by atoms with Crippen molar-refractivity contribution >= 4 is 11.3 Å². The molecule has 2 rings (SSSR count). The highest BCUT2D eigenvalue weighted by atomic mass is 32.1. The van der Waals surface area contributed by atoms with Gasteiger partial charge in [-0.25, -0.2) is 4.98 Å². The Balaban J connectivity index is 2.26. The summed E-state index contributed by atoms with van der Waals surface area (Å²) in [4.78, 5) is 4.74. The lowest BCUT2D eigenvalue weighted by Crippen LogP contribution is -2.38. The Morgan fingerprint density at radius 2 is 1.95 bits per heavy atom. The van der Waals surface area contributed by atoms with Gasteiger partial charge in [0.1, 0.15) is 5.01 Å². The molecule has 1 aromatic heterocycles. The van der Waals surface area contributed by atoms with E-state index in [1.165, 1.54) is 5.56 Å². The molecule has 0 aliphatic carbocycles. The third-order valence-corrected chi connectivity index (χ3v) is 4.61. The van der Waals surface area contributed by atoms with Crippen LogP contribution in [0.25, 0.3) is 0 Å². The molecule has 2 aromatic rings. The Morgan fingerprint density at radius 3 is 2.47 bits per heavy atom. The van der Waals surface area contributed by atoms with Gasteiger partial charge in [-0.3, -0.25) is 0 Å². The van der Waals surface area contributed by atoms with Gasteiger partial charge in [0.25, 0.3) is 0 Å². The fourth-order valence-corrected chi connectivity index (χ4v) is 3.26. The second kappa shape index (κ2) is 5.85. The molecule has 1 unspecified atom stereocenters. The van der Waals surface area contributed by atoms with Crippen LogP contribution in [0.1, 0.15) is 49.4 Å². The first-order chi connectivity index (χ1) is 9.05. The molecule has 2 nitrogen and oxygen atoms in total. The highest BCUT2D eigenvalue weighted by Gasteiger charge is 2.29. The first-order valence-electron chi connectivity index (χ1n) is 6.84. The fourth-order valence-electron chi connectivity index (χ4n) is 2.09. The Labute approximate surface area is 119 Å². The molecule has 19 heavy (non-hydrogen) atoms. The van der Waals surface area contributed by atoms with Gasteiger partial charge in [0.15, 0.2) is 0 Å². The zero-order valence-corrected chi connectivity index (χ0v) is 12.7. The van der Waals surface area contributed by atoms with Crippen molar-refractivity contribution in [1.29, 1.82) is 0 Å². The number of nitrogens with two attached hydrogens (primary N) is 1. The molecular formula is C16H22N2S. The first kappa shape index (κ1) is 14.2. The van der Waals surface area contributed by atoms with Gasteiger partial charge in [0, 0.05) is 5.38 Å². The third kappa shape index (κ3) is 3.23. The van der Waals surface area contributed by atoms with Crippen LogP contribution in [0.3, 0.4) is 0 Å². The van der Waals surface area contributed by atoms with Gasteiger partial charge in [-0.1, -0.05) is 51.1 Å². The number of hydrogen-bond acceptors (Lipinski definition) is 3. The summed E-state index contributed by atoms with van der Waals surface area (Å²) >= 11 is 1.69.